The van der Waals surface area contributed by atoms with E-state index in [1.165, 1.54) is 4.90 Å². The number of aromatic nitrogens is 1. The van der Waals surface area contributed by atoms with E-state index >= 15 is 0 Å². The number of hydrogen-bond donors (Lipinski definition) is 10. The highest BCUT2D eigenvalue weighted by Gasteiger charge is 2.42. The van der Waals surface area contributed by atoms with E-state index in [1.807, 2.05) is 72.0 Å². The number of aliphatic carboxylic acids is 3. The number of pyridine rings is 1. The molecule has 0 unspecified atom stereocenters. The van der Waals surface area contributed by atoms with Gasteiger partial charge >= 0.3 is 23.9 Å². The first-order chi connectivity index (χ1) is 34.5. The Morgan fingerprint density at radius 3 is 1.75 bits per heavy atom. The van der Waals surface area contributed by atoms with Gasteiger partial charge in [0.25, 0.3) is 0 Å². The molecule has 6 atom stereocenters. The van der Waals surface area contributed by atoms with Crippen molar-refractivity contribution in [3.8, 4) is 0 Å². The third-order valence-electron chi connectivity index (χ3n) is 11.9. The molecule has 1 fully saturated rings. The maximum atomic E-state index is 14.0. The number of likely N-dealkylation sites (tertiary alicyclic amines) is 1. The Labute approximate surface area is 416 Å². The van der Waals surface area contributed by atoms with Crippen LogP contribution in [0, 0.1) is 5.92 Å². The summed E-state index contributed by atoms with van der Waals surface area (Å²) >= 11 is 0. The number of carboxylic acids is 3. The minimum atomic E-state index is -1.56. The Morgan fingerprint density at radius 1 is 0.597 bits per heavy atom. The SMILES string of the molecule is CN1C(=O)C[C@H](C(=O)NCCNC(=O)[C@H](Cc2ccccc2)NC(=O)[C@H](Cc2ccccc2)NC(=O)CCCCCCCNC(=O)CC[C@H](NC(=O)N[C@@H](CCC(=O)O)C(=O)O)C(=O)O)[C@H]1c1cccnc1. The van der Waals surface area contributed by atoms with E-state index in [4.69, 9.17) is 5.11 Å². The number of benzene rings is 2. The lowest BCUT2D eigenvalue weighted by atomic mass is 9.94. The number of hydrogen-bond acceptors (Lipinski definition) is 11. The fourth-order valence-corrected chi connectivity index (χ4v) is 8.07. The Hall–Kier alpha value is -7.91. The first-order valence-corrected chi connectivity index (χ1v) is 23.9. The fourth-order valence-electron chi connectivity index (χ4n) is 8.07. The van der Waals surface area contributed by atoms with Gasteiger partial charge in [-0.3, -0.25) is 38.5 Å². The first kappa shape index (κ1) is 56.7. The summed E-state index contributed by atoms with van der Waals surface area (Å²) < 4.78 is 0. The fraction of sp³-hybridized carbons (Fsp3) is 0.460. The van der Waals surface area contributed by atoms with Crippen molar-refractivity contribution in [2.24, 2.45) is 5.92 Å². The lowest BCUT2D eigenvalue weighted by Crippen LogP contribution is -2.55. The zero-order valence-corrected chi connectivity index (χ0v) is 40.2. The van der Waals surface area contributed by atoms with Gasteiger partial charge in [0.05, 0.1) is 12.0 Å². The van der Waals surface area contributed by atoms with E-state index in [9.17, 15) is 58.2 Å². The molecule has 10 N–H and O–H groups in total. The number of rotatable bonds is 31. The van der Waals surface area contributed by atoms with Gasteiger partial charge in [-0.2, -0.15) is 0 Å². The van der Waals surface area contributed by atoms with Crippen LogP contribution in [0.15, 0.2) is 85.2 Å². The summed E-state index contributed by atoms with van der Waals surface area (Å²) in [6.45, 7) is 0.395. The largest absolute Gasteiger partial charge is 0.481 e. The molecule has 2 heterocycles. The lowest BCUT2D eigenvalue weighted by molar-refractivity contribution is -0.141. The Bertz CT molecular complexity index is 2310. The number of nitrogens with one attached hydrogen (secondary N) is 7. The normalized spacial score (nSPS) is 15.7. The van der Waals surface area contributed by atoms with Crippen LogP contribution in [0.5, 0.6) is 0 Å². The van der Waals surface area contributed by atoms with E-state index in [0.29, 0.717) is 32.2 Å². The number of carbonyl (C=O) groups is 10. The van der Waals surface area contributed by atoms with Crippen LogP contribution < -0.4 is 37.2 Å². The van der Waals surface area contributed by atoms with Crippen LogP contribution >= 0.6 is 0 Å². The molecule has 1 aliphatic rings. The summed E-state index contributed by atoms with van der Waals surface area (Å²) in [5.41, 5.74) is 2.30. The average molecular weight is 1000 g/mol. The molecule has 22 nitrogen and oxygen atoms in total. The average Bonchev–Trinajstić information content (AvgIpc) is 3.66. The summed E-state index contributed by atoms with van der Waals surface area (Å²) in [6, 6.07) is 15.0. The van der Waals surface area contributed by atoms with Gasteiger partial charge in [-0.1, -0.05) is 86.0 Å². The van der Waals surface area contributed by atoms with Gasteiger partial charge in [-0.25, -0.2) is 14.4 Å². The maximum Gasteiger partial charge on any atom is 0.326 e. The van der Waals surface area contributed by atoms with E-state index in [1.54, 1.807) is 25.5 Å². The quantitative estimate of drug-likeness (QED) is 0.0410. The van der Waals surface area contributed by atoms with Gasteiger partial charge in [0, 0.05) is 77.6 Å². The molecule has 0 spiro atoms. The second-order valence-electron chi connectivity index (χ2n) is 17.4. The van der Waals surface area contributed by atoms with Crippen molar-refractivity contribution in [2.45, 2.75) is 114 Å². The molecule has 22 heteroatoms. The van der Waals surface area contributed by atoms with E-state index in [0.717, 1.165) is 23.1 Å². The van der Waals surface area contributed by atoms with Crippen molar-refractivity contribution in [1.82, 2.24) is 47.1 Å². The van der Waals surface area contributed by atoms with E-state index < -0.39 is 90.6 Å². The van der Waals surface area contributed by atoms with Gasteiger partial charge in [-0.15, -0.1) is 0 Å². The monoisotopic (exact) mass is 999 g/mol. The second-order valence-corrected chi connectivity index (χ2v) is 17.4. The number of amides is 8. The predicted molar refractivity (Wildman–Crippen MR) is 259 cm³/mol. The Morgan fingerprint density at radius 2 is 1.17 bits per heavy atom. The zero-order chi connectivity index (χ0) is 52.4. The van der Waals surface area contributed by atoms with Crippen LogP contribution in [-0.4, -0.2) is 135 Å². The number of carboxylic acid groups (broad SMARTS) is 3. The molecule has 2 aromatic carbocycles. The minimum absolute atomic E-state index is 0.0309. The standard InChI is InChI=1S/C50H65N9O13/c1-59-42(62)30-35(44(59)34-18-13-24-51-31-34)45(65)53-26-27-54-46(66)38(28-32-14-7-5-8-15-32)56-47(67)39(29-33-16-9-6-10-17-33)55-41(61)19-11-3-2-4-12-25-52-40(60)22-20-36(48(68)69)57-50(72)58-37(49(70)71)21-23-43(63)64/h5-10,13-18,24,31,35-39,44H,2-4,11-12,19-23,25-30H2,1H3,(H,52,60)(H,53,65)(H,54,66)(H,55,61)(H,56,67)(H,63,64)(H,68,69)(H,70,71)(H2,57,58,72)/t35-,36-,37-,38-,39-,44+/m0/s1. The molecule has 4 rings (SSSR count). The smallest absolute Gasteiger partial charge is 0.326 e. The van der Waals surface area contributed by atoms with E-state index in [2.05, 4.69) is 36.9 Å². The molecule has 0 bridgehead atoms. The lowest BCUT2D eigenvalue weighted by Gasteiger charge is -2.25. The molecule has 0 radical (unpaired) electrons. The van der Waals surface area contributed by atoms with E-state index in [-0.39, 0.29) is 69.3 Å². The summed E-state index contributed by atoms with van der Waals surface area (Å²) in [5.74, 6) is -7.25. The van der Waals surface area contributed by atoms with Gasteiger partial charge in [0.2, 0.25) is 35.4 Å². The zero-order valence-electron chi connectivity index (χ0n) is 40.2. The molecule has 1 saturated heterocycles. The van der Waals surface area contributed by atoms with Gasteiger partial charge in [-0.05, 0) is 48.4 Å². The Balaban J connectivity index is 1.21. The van der Waals surface area contributed by atoms with Gasteiger partial charge in [0.1, 0.15) is 24.2 Å². The molecule has 72 heavy (non-hydrogen) atoms. The number of urea groups is 1. The minimum Gasteiger partial charge on any atom is -0.481 e. The molecule has 1 aliphatic heterocycles. The first-order valence-electron chi connectivity index (χ1n) is 23.9. The molecule has 1 aromatic heterocycles. The third-order valence-corrected chi connectivity index (χ3v) is 11.9. The summed E-state index contributed by atoms with van der Waals surface area (Å²) in [7, 11) is 1.65. The summed E-state index contributed by atoms with van der Waals surface area (Å²) in [5, 5.41) is 45.6. The van der Waals surface area contributed by atoms with Crippen LogP contribution in [0.3, 0.4) is 0 Å². The molecular formula is C50H65N9O13. The molecule has 3 aromatic rings. The molecular weight excluding hydrogens is 935 g/mol. The maximum absolute atomic E-state index is 14.0. The highest BCUT2D eigenvalue weighted by atomic mass is 16.4. The Kier molecular flexibility index (Phi) is 23.6. The summed E-state index contributed by atoms with van der Waals surface area (Å²) in [4.78, 5) is 131. The van der Waals surface area contributed by atoms with Gasteiger partial charge in [0.15, 0.2) is 0 Å². The van der Waals surface area contributed by atoms with Crippen molar-refractivity contribution in [3.05, 3.63) is 102 Å². The van der Waals surface area contributed by atoms with Crippen LogP contribution in [0.4, 0.5) is 4.79 Å². The molecule has 0 aliphatic carbocycles. The van der Waals surface area contributed by atoms with Crippen molar-refractivity contribution >= 4 is 59.4 Å². The van der Waals surface area contributed by atoms with Crippen molar-refractivity contribution in [2.75, 3.05) is 26.7 Å². The molecule has 8 amide bonds. The van der Waals surface area contributed by atoms with Crippen LogP contribution in [0.2, 0.25) is 0 Å². The van der Waals surface area contributed by atoms with Crippen molar-refractivity contribution < 1.29 is 63.3 Å². The molecule has 388 valence electrons. The number of unbranched alkanes of at least 4 members (excludes halogenated alkanes) is 4. The van der Waals surface area contributed by atoms with Gasteiger partial charge < -0.3 is 57.4 Å². The molecule has 0 saturated carbocycles. The van der Waals surface area contributed by atoms with Crippen LogP contribution in [0.1, 0.15) is 93.4 Å². The highest BCUT2D eigenvalue weighted by molar-refractivity contribution is 5.93. The third kappa shape index (κ3) is 19.8. The second kappa shape index (κ2) is 30.0. The van der Waals surface area contributed by atoms with Crippen molar-refractivity contribution in [3.63, 3.8) is 0 Å². The van der Waals surface area contributed by atoms with Crippen LogP contribution in [-0.2, 0) is 56.0 Å². The topological polar surface area (TPSA) is 332 Å². The predicted octanol–water partition coefficient (Wildman–Crippen LogP) is 1.60. The summed E-state index contributed by atoms with van der Waals surface area (Å²) in [6.07, 6.45) is 5.40. The highest BCUT2D eigenvalue weighted by Crippen LogP contribution is 2.36. The van der Waals surface area contributed by atoms with Crippen LogP contribution in [0.25, 0.3) is 0 Å². The number of nitrogens with zero attached hydrogens (tertiary/aromatic N) is 2. The number of carbonyl (C=O) groups excluding carboxylic acids is 7. The van der Waals surface area contributed by atoms with Crippen molar-refractivity contribution in [1.29, 1.82) is 0 Å².